The fourth-order valence-electron chi connectivity index (χ4n) is 2.39. The first-order valence-corrected chi connectivity index (χ1v) is 9.56. The third-order valence-corrected chi connectivity index (χ3v) is 4.31. The Morgan fingerprint density at radius 2 is 1.87 bits per heavy atom. The molecule has 0 atom stereocenters. The molecular weight excluding hydrogens is 458 g/mol. The number of rotatable bonds is 8. The smallest absolute Gasteiger partial charge is 0.338 e. The van der Waals surface area contributed by atoms with Gasteiger partial charge in [0.25, 0.3) is 11.8 Å². The summed E-state index contributed by atoms with van der Waals surface area (Å²) in [6.07, 6.45) is 0. The average Bonchev–Trinajstić information content (AvgIpc) is 3.17. The number of carbonyl (C=O) groups is 2. The van der Waals surface area contributed by atoms with Gasteiger partial charge in [-0.15, -0.1) is 10.2 Å². The summed E-state index contributed by atoms with van der Waals surface area (Å²) >= 11 is 3.33. The predicted molar refractivity (Wildman–Crippen MR) is 109 cm³/mol. The summed E-state index contributed by atoms with van der Waals surface area (Å²) in [7, 11) is 1.43. The lowest BCUT2D eigenvalue weighted by Crippen LogP contribution is -2.20. The molecule has 3 rings (SSSR count). The Bertz CT molecular complexity index is 1040. The van der Waals surface area contributed by atoms with Crippen molar-refractivity contribution >= 4 is 33.5 Å². The van der Waals surface area contributed by atoms with Crippen LogP contribution in [-0.4, -0.2) is 35.8 Å². The highest BCUT2D eigenvalue weighted by molar-refractivity contribution is 9.10. The number of hydrogen-bond acceptors (Lipinski definition) is 8. The van der Waals surface area contributed by atoms with E-state index in [-0.39, 0.29) is 36.3 Å². The number of benzene rings is 2. The molecule has 0 bridgehead atoms. The van der Waals surface area contributed by atoms with Gasteiger partial charge in [0.15, 0.2) is 24.7 Å². The quantitative estimate of drug-likeness (QED) is 0.492. The zero-order valence-corrected chi connectivity index (χ0v) is 17.8. The van der Waals surface area contributed by atoms with Crippen LogP contribution in [0.3, 0.4) is 0 Å². The molecule has 30 heavy (non-hydrogen) atoms. The first-order chi connectivity index (χ1) is 14.4. The largest absolute Gasteiger partial charge is 0.493 e. The summed E-state index contributed by atoms with van der Waals surface area (Å²) < 4.78 is 22.0. The number of nitrogens with one attached hydrogen (secondary N) is 1. The van der Waals surface area contributed by atoms with Crippen LogP contribution < -0.4 is 14.8 Å². The van der Waals surface area contributed by atoms with Gasteiger partial charge in [-0.1, -0.05) is 15.9 Å². The van der Waals surface area contributed by atoms with Gasteiger partial charge in [0.2, 0.25) is 5.89 Å². The van der Waals surface area contributed by atoms with E-state index in [1.165, 1.54) is 25.3 Å². The van der Waals surface area contributed by atoms with Crippen molar-refractivity contribution < 1.29 is 28.2 Å². The number of esters is 1. The maximum absolute atomic E-state index is 12.2. The average molecular weight is 476 g/mol. The molecule has 3 aromatic rings. The Morgan fingerprint density at radius 1 is 1.10 bits per heavy atom. The fourth-order valence-corrected chi connectivity index (χ4v) is 2.66. The first-order valence-electron chi connectivity index (χ1n) is 8.77. The lowest BCUT2D eigenvalue weighted by atomic mass is 10.2. The van der Waals surface area contributed by atoms with E-state index in [9.17, 15) is 9.59 Å². The van der Waals surface area contributed by atoms with Crippen molar-refractivity contribution in [3.8, 4) is 11.5 Å². The third kappa shape index (κ3) is 5.80. The van der Waals surface area contributed by atoms with Gasteiger partial charge in [-0.3, -0.25) is 4.79 Å². The minimum absolute atomic E-state index is 0.142. The van der Waals surface area contributed by atoms with Crippen molar-refractivity contribution in [1.82, 2.24) is 10.2 Å². The molecule has 1 N–H and O–H groups in total. The topological polar surface area (TPSA) is 113 Å². The van der Waals surface area contributed by atoms with Crippen molar-refractivity contribution in [2.75, 3.05) is 19.0 Å². The van der Waals surface area contributed by atoms with Crippen LogP contribution in [0.15, 0.2) is 51.4 Å². The van der Waals surface area contributed by atoms with E-state index in [0.717, 1.165) is 4.47 Å². The molecular formula is C20H18BrN3O6. The molecule has 0 fully saturated rings. The number of aromatic nitrogens is 2. The van der Waals surface area contributed by atoms with Gasteiger partial charge < -0.3 is 23.9 Å². The number of halogens is 1. The molecule has 1 aromatic heterocycles. The van der Waals surface area contributed by atoms with E-state index < -0.39 is 5.97 Å². The van der Waals surface area contributed by atoms with Crippen LogP contribution in [0.5, 0.6) is 11.5 Å². The zero-order chi connectivity index (χ0) is 21.5. The second-order valence-electron chi connectivity index (χ2n) is 6.00. The van der Waals surface area contributed by atoms with Gasteiger partial charge in [-0.25, -0.2) is 4.79 Å². The highest BCUT2D eigenvalue weighted by Crippen LogP contribution is 2.28. The number of hydrogen-bond donors (Lipinski definition) is 1. The van der Waals surface area contributed by atoms with Crippen molar-refractivity contribution in [2.24, 2.45) is 0 Å². The van der Waals surface area contributed by atoms with Crippen molar-refractivity contribution in [1.29, 1.82) is 0 Å². The second-order valence-corrected chi connectivity index (χ2v) is 6.92. The fraction of sp³-hybridized carbons (Fsp3) is 0.200. The van der Waals surface area contributed by atoms with Crippen LogP contribution in [0.2, 0.25) is 0 Å². The molecule has 0 saturated heterocycles. The number of anilines is 1. The molecule has 156 valence electrons. The molecule has 0 saturated carbocycles. The summed E-state index contributed by atoms with van der Waals surface area (Å²) in [5.41, 5.74) is 0.892. The van der Waals surface area contributed by atoms with Gasteiger partial charge in [0, 0.05) is 17.1 Å². The Morgan fingerprint density at radius 3 is 2.53 bits per heavy atom. The lowest BCUT2D eigenvalue weighted by Gasteiger charge is -2.12. The molecule has 1 amide bonds. The van der Waals surface area contributed by atoms with Gasteiger partial charge in [-0.05, 0) is 42.5 Å². The summed E-state index contributed by atoms with van der Waals surface area (Å²) in [6, 6.07) is 11.7. The minimum atomic E-state index is -0.594. The normalized spacial score (nSPS) is 10.4. The van der Waals surface area contributed by atoms with Crippen LogP contribution in [-0.2, 0) is 16.1 Å². The van der Waals surface area contributed by atoms with E-state index >= 15 is 0 Å². The summed E-state index contributed by atoms with van der Waals surface area (Å²) in [6.45, 7) is 1.27. The van der Waals surface area contributed by atoms with Gasteiger partial charge >= 0.3 is 5.97 Å². The molecule has 0 aliphatic heterocycles. The lowest BCUT2D eigenvalue weighted by molar-refractivity contribution is -0.118. The summed E-state index contributed by atoms with van der Waals surface area (Å²) in [5.74, 6) is 0.251. The van der Waals surface area contributed by atoms with Crippen LogP contribution in [0.25, 0.3) is 0 Å². The molecule has 0 aliphatic carbocycles. The first kappa shape index (κ1) is 21.3. The van der Waals surface area contributed by atoms with Crippen molar-refractivity contribution in [3.05, 3.63) is 64.3 Å². The van der Waals surface area contributed by atoms with Crippen LogP contribution >= 0.6 is 15.9 Å². The van der Waals surface area contributed by atoms with E-state index in [2.05, 4.69) is 31.4 Å². The predicted octanol–water partition coefficient (Wildman–Crippen LogP) is 3.52. The monoisotopic (exact) mass is 475 g/mol. The summed E-state index contributed by atoms with van der Waals surface area (Å²) in [5, 5.41) is 10.1. The van der Waals surface area contributed by atoms with Crippen molar-refractivity contribution in [2.45, 2.75) is 13.5 Å². The van der Waals surface area contributed by atoms with E-state index in [1.54, 1.807) is 19.1 Å². The number of methoxy groups -OCH3 is 1. The Labute approximate surface area is 180 Å². The zero-order valence-electron chi connectivity index (χ0n) is 16.2. The number of nitrogens with zero attached hydrogens (tertiary/aromatic N) is 2. The van der Waals surface area contributed by atoms with Crippen LogP contribution in [0.4, 0.5) is 5.69 Å². The number of aryl methyl sites for hydroxylation is 1. The maximum Gasteiger partial charge on any atom is 0.338 e. The van der Waals surface area contributed by atoms with E-state index in [0.29, 0.717) is 17.3 Å². The molecule has 2 aromatic carbocycles. The molecule has 0 aliphatic rings. The highest BCUT2D eigenvalue weighted by atomic mass is 79.9. The molecule has 9 nitrogen and oxygen atoms in total. The minimum Gasteiger partial charge on any atom is -0.493 e. The standard InChI is InChI=1S/C20H18BrN3O6/c1-12-23-24-19(30-12)11-29-20(26)13-3-8-16(17(9-13)27-2)28-10-18(25)22-15-6-4-14(21)5-7-15/h3-9H,10-11H2,1-2H3,(H,22,25). The molecule has 10 heteroatoms. The summed E-state index contributed by atoms with van der Waals surface area (Å²) in [4.78, 5) is 24.3. The van der Waals surface area contributed by atoms with Crippen LogP contribution in [0.1, 0.15) is 22.1 Å². The Balaban J connectivity index is 1.57. The number of carbonyl (C=O) groups excluding carboxylic acids is 2. The highest BCUT2D eigenvalue weighted by Gasteiger charge is 2.15. The number of amides is 1. The van der Waals surface area contributed by atoms with E-state index in [4.69, 9.17) is 18.6 Å². The SMILES string of the molecule is COc1cc(C(=O)OCc2nnc(C)o2)ccc1OCC(=O)Nc1ccc(Br)cc1. The molecule has 0 unspecified atom stereocenters. The maximum atomic E-state index is 12.2. The Hall–Kier alpha value is -3.40. The number of ether oxygens (including phenoxy) is 3. The van der Waals surface area contributed by atoms with Gasteiger partial charge in [-0.2, -0.15) is 0 Å². The van der Waals surface area contributed by atoms with Gasteiger partial charge in [0.05, 0.1) is 12.7 Å². The molecule has 0 radical (unpaired) electrons. The molecule has 1 heterocycles. The third-order valence-electron chi connectivity index (χ3n) is 3.78. The van der Waals surface area contributed by atoms with Crippen molar-refractivity contribution in [3.63, 3.8) is 0 Å². The van der Waals surface area contributed by atoms with Gasteiger partial charge in [0.1, 0.15) is 0 Å². The second kappa shape index (κ2) is 9.88. The molecule has 0 spiro atoms. The van der Waals surface area contributed by atoms with E-state index in [1.807, 2.05) is 12.1 Å². The Kier molecular flexibility index (Phi) is 7.02. The van der Waals surface area contributed by atoms with Crippen LogP contribution in [0, 0.1) is 6.92 Å².